The quantitative estimate of drug-likeness (QED) is 0.460. The van der Waals surface area contributed by atoms with E-state index in [2.05, 4.69) is 21.9 Å². The molecule has 1 aliphatic rings. The summed E-state index contributed by atoms with van der Waals surface area (Å²) in [6, 6.07) is 9.04. The van der Waals surface area contributed by atoms with Crippen molar-refractivity contribution in [2.24, 2.45) is 17.4 Å². The highest BCUT2D eigenvalue weighted by atomic mass is 16.2. The summed E-state index contributed by atoms with van der Waals surface area (Å²) in [7, 11) is 3.51. The second kappa shape index (κ2) is 12.8. The van der Waals surface area contributed by atoms with Crippen molar-refractivity contribution in [2.75, 3.05) is 27.2 Å². The molecule has 10 nitrogen and oxygen atoms in total. The highest BCUT2D eigenvalue weighted by molar-refractivity contribution is 6.04. The molecule has 0 radical (unpaired) electrons. The first-order valence-corrected chi connectivity index (χ1v) is 12.8. The summed E-state index contributed by atoms with van der Waals surface area (Å²) in [5.41, 5.74) is 13.4. The Bertz CT molecular complexity index is 1390. The van der Waals surface area contributed by atoms with E-state index in [1.807, 2.05) is 32.0 Å². The van der Waals surface area contributed by atoms with Gasteiger partial charge in [0.15, 0.2) is 11.5 Å². The van der Waals surface area contributed by atoms with Crippen LogP contribution in [0.25, 0.3) is 16.7 Å². The van der Waals surface area contributed by atoms with Crippen LogP contribution in [0.1, 0.15) is 54.7 Å². The Kier molecular flexibility index (Phi) is 9.57. The number of likely N-dealkylation sites (tertiary alicyclic amines) is 1. The summed E-state index contributed by atoms with van der Waals surface area (Å²) in [6.45, 7) is 5.54. The molecule has 3 heterocycles. The maximum Gasteiger partial charge on any atom is 0.269 e. The van der Waals surface area contributed by atoms with Gasteiger partial charge in [0.25, 0.3) is 5.91 Å². The largest absolute Gasteiger partial charge is 0.364 e. The number of nitrogens with zero attached hydrogens (tertiary/aromatic N) is 5. The molecule has 1 fully saturated rings. The lowest BCUT2D eigenvalue weighted by Gasteiger charge is -2.17. The van der Waals surface area contributed by atoms with Gasteiger partial charge in [0.1, 0.15) is 5.92 Å². The Balaban J connectivity index is 0.00000195. The van der Waals surface area contributed by atoms with Crippen LogP contribution in [0.15, 0.2) is 36.5 Å². The maximum atomic E-state index is 12.3. The first-order chi connectivity index (χ1) is 18.3. The lowest BCUT2D eigenvalue weighted by atomic mass is 10.1. The van der Waals surface area contributed by atoms with E-state index >= 15 is 0 Å². The summed E-state index contributed by atoms with van der Waals surface area (Å²) in [5, 5.41) is 5.00. The molecule has 0 saturated carbocycles. The number of carbonyl (C=O) groups excluding carboxylic acids is 3. The Morgan fingerprint density at radius 3 is 2.63 bits per heavy atom. The minimum Gasteiger partial charge on any atom is -0.364 e. The van der Waals surface area contributed by atoms with Crippen molar-refractivity contribution >= 4 is 28.6 Å². The molecule has 4 N–H and O–H groups in total. The lowest BCUT2D eigenvalue weighted by molar-refractivity contribution is -0.130. The third-order valence-corrected chi connectivity index (χ3v) is 6.20. The molecule has 10 heteroatoms. The molecule has 2 aromatic heterocycles. The van der Waals surface area contributed by atoms with Crippen molar-refractivity contribution in [2.45, 2.75) is 39.7 Å². The highest BCUT2D eigenvalue weighted by Crippen LogP contribution is 2.24. The SMILES string of the molecule is CC.CN(Cc1ccc2c(c1)c(C(N)=O)nn2-c1cc(C#CC2CCN(C)C2=O)ccn1)C(=O)CCCN. The molecule has 0 spiro atoms. The van der Waals surface area contributed by atoms with Gasteiger partial charge in [-0.05, 0) is 49.2 Å². The van der Waals surface area contributed by atoms with Crippen molar-refractivity contribution in [3.8, 4) is 17.7 Å². The van der Waals surface area contributed by atoms with Gasteiger partial charge < -0.3 is 21.3 Å². The third-order valence-electron chi connectivity index (χ3n) is 6.20. The van der Waals surface area contributed by atoms with E-state index in [0.717, 1.165) is 5.56 Å². The van der Waals surface area contributed by atoms with Gasteiger partial charge in [0.05, 0.1) is 5.52 Å². The number of amides is 3. The normalized spacial score (nSPS) is 14.5. The van der Waals surface area contributed by atoms with Gasteiger partial charge in [-0.3, -0.25) is 14.4 Å². The van der Waals surface area contributed by atoms with Gasteiger partial charge in [-0.1, -0.05) is 31.8 Å². The Morgan fingerprint density at radius 2 is 1.97 bits per heavy atom. The molecule has 0 bridgehead atoms. The fraction of sp³-hybridized carbons (Fsp3) is 0.393. The molecule has 1 aliphatic heterocycles. The predicted octanol–water partition coefficient (Wildman–Crippen LogP) is 2.07. The zero-order chi connectivity index (χ0) is 27.8. The smallest absolute Gasteiger partial charge is 0.269 e. The van der Waals surface area contributed by atoms with E-state index < -0.39 is 5.91 Å². The van der Waals surface area contributed by atoms with Crippen molar-refractivity contribution in [1.82, 2.24) is 24.6 Å². The van der Waals surface area contributed by atoms with Crippen molar-refractivity contribution in [3.05, 3.63) is 53.3 Å². The zero-order valence-corrected chi connectivity index (χ0v) is 22.4. The van der Waals surface area contributed by atoms with Crippen LogP contribution in [0.2, 0.25) is 0 Å². The fourth-order valence-electron chi connectivity index (χ4n) is 4.17. The molecule has 4 rings (SSSR count). The number of rotatable bonds is 7. The van der Waals surface area contributed by atoms with Gasteiger partial charge in [0, 0.05) is 50.8 Å². The van der Waals surface area contributed by atoms with Gasteiger partial charge in [-0.2, -0.15) is 5.10 Å². The predicted molar refractivity (Wildman–Crippen MR) is 146 cm³/mol. The second-order valence-electron chi connectivity index (χ2n) is 8.89. The van der Waals surface area contributed by atoms with Gasteiger partial charge in [0.2, 0.25) is 11.8 Å². The maximum absolute atomic E-state index is 12.3. The molecule has 3 amide bonds. The first kappa shape index (κ1) is 28.3. The Hall–Kier alpha value is -4.23. The minimum atomic E-state index is -0.664. The zero-order valence-electron chi connectivity index (χ0n) is 22.4. The van der Waals surface area contributed by atoms with Crippen LogP contribution in [0.4, 0.5) is 0 Å². The van der Waals surface area contributed by atoms with E-state index in [9.17, 15) is 14.4 Å². The van der Waals surface area contributed by atoms with E-state index in [1.54, 1.807) is 46.9 Å². The number of aromatic nitrogens is 3. The topological polar surface area (TPSA) is 140 Å². The molecule has 1 unspecified atom stereocenters. The Morgan fingerprint density at radius 1 is 1.21 bits per heavy atom. The number of fused-ring (bicyclic) bond motifs is 1. The van der Waals surface area contributed by atoms with E-state index in [-0.39, 0.29) is 23.4 Å². The van der Waals surface area contributed by atoms with Gasteiger partial charge in [-0.15, -0.1) is 0 Å². The van der Waals surface area contributed by atoms with E-state index in [4.69, 9.17) is 11.5 Å². The molecule has 1 saturated heterocycles. The number of hydrogen-bond donors (Lipinski definition) is 2. The van der Waals surface area contributed by atoms with Crippen LogP contribution in [0.5, 0.6) is 0 Å². The molecular formula is C28H35N7O3. The Labute approximate surface area is 223 Å². The van der Waals surface area contributed by atoms with Crippen molar-refractivity contribution in [3.63, 3.8) is 0 Å². The molecule has 200 valence electrons. The van der Waals surface area contributed by atoms with E-state index in [1.165, 1.54) is 0 Å². The van der Waals surface area contributed by atoms with Gasteiger partial charge >= 0.3 is 0 Å². The minimum absolute atomic E-state index is 0.000518. The molecule has 1 aromatic carbocycles. The highest BCUT2D eigenvalue weighted by Gasteiger charge is 2.27. The summed E-state index contributed by atoms with van der Waals surface area (Å²) < 4.78 is 1.55. The first-order valence-electron chi connectivity index (χ1n) is 12.8. The number of primary amides is 1. The van der Waals surface area contributed by atoms with Crippen LogP contribution in [0.3, 0.4) is 0 Å². The molecule has 38 heavy (non-hydrogen) atoms. The van der Waals surface area contributed by atoms with Crippen molar-refractivity contribution < 1.29 is 14.4 Å². The van der Waals surface area contributed by atoms with Crippen LogP contribution in [0, 0.1) is 17.8 Å². The third kappa shape index (κ3) is 6.36. The molecule has 1 atom stereocenters. The lowest BCUT2D eigenvalue weighted by Crippen LogP contribution is -2.26. The van der Waals surface area contributed by atoms with Crippen LogP contribution in [-0.4, -0.2) is 69.5 Å². The number of carbonyl (C=O) groups is 3. The van der Waals surface area contributed by atoms with Crippen LogP contribution < -0.4 is 11.5 Å². The summed E-state index contributed by atoms with van der Waals surface area (Å²) in [4.78, 5) is 44.3. The number of pyridine rings is 1. The average Bonchev–Trinajstić information content (AvgIpc) is 3.46. The van der Waals surface area contributed by atoms with Gasteiger partial charge in [-0.25, -0.2) is 9.67 Å². The van der Waals surface area contributed by atoms with Crippen LogP contribution in [-0.2, 0) is 16.1 Å². The number of nitrogens with two attached hydrogens (primary N) is 2. The monoisotopic (exact) mass is 517 g/mol. The number of benzene rings is 1. The number of hydrogen-bond acceptors (Lipinski definition) is 6. The second-order valence-corrected chi connectivity index (χ2v) is 8.89. The average molecular weight is 518 g/mol. The van der Waals surface area contributed by atoms with Crippen molar-refractivity contribution in [1.29, 1.82) is 0 Å². The summed E-state index contributed by atoms with van der Waals surface area (Å²) in [6.07, 6.45) is 3.33. The summed E-state index contributed by atoms with van der Waals surface area (Å²) >= 11 is 0. The molecule has 0 aliphatic carbocycles. The standard InChI is InChI=1S/C26H29N7O3.C2H6/c1-31-13-10-19(26(31)36)7-5-17-9-12-29-22(15-17)33-21-8-6-18(14-20(21)24(30-33)25(28)35)16-32(2)23(34)4-3-11-27;1-2/h6,8-9,12,14-15,19H,3-4,10-11,13,16,27H2,1-2H3,(H2,28,35);1-2H3. The summed E-state index contributed by atoms with van der Waals surface area (Å²) in [5.74, 6) is 5.65. The fourth-order valence-corrected chi connectivity index (χ4v) is 4.17. The molecular weight excluding hydrogens is 482 g/mol. The van der Waals surface area contributed by atoms with E-state index in [0.29, 0.717) is 61.2 Å². The molecule has 3 aromatic rings. The van der Waals surface area contributed by atoms with Crippen LogP contribution >= 0.6 is 0 Å².